The second-order valence-electron chi connectivity index (χ2n) is 5.21. The quantitative estimate of drug-likeness (QED) is 0.932. The van der Waals surface area contributed by atoms with E-state index in [2.05, 4.69) is 0 Å². The molecular formula is C14H20ClNO3S. The van der Waals surface area contributed by atoms with Gasteiger partial charge in [-0.3, -0.25) is 0 Å². The van der Waals surface area contributed by atoms with Crippen LogP contribution in [0.4, 0.5) is 0 Å². The van der Waals surface area contributed by atoms with Crippen LogP contribution in [0.3, 0.4) is 0 Å². The van der Waals surface area contributed by atoms with E-state index in [-0.39, 0.29) is 17.5 Å². The minimum Gasteiger partial charge on any atom is -0.395 e. The van der Waals surface area contributed by atoms with Crippen molar-refractivity contribution in [3.63, 3.8) is 0 Å². The number of sulfonamides is 1. The molecule has 0 aromatic heterocycles. The van der Waals surface area contributed by atoms with Crippen molar-refractivity contribution in [3.8, 4) is 0 Å². The molecule has 4 nitrogen and oxygen atoms in total. The van der Waals surface area contributed by atoms with E-state index in [0.29, 0.717) is 23.6 Å². The standard InChI is InChI=1S/C14H20ClNO3S/c1-11-6-7-12(15)9-14(11)20(18,19)16-8-4-2-3-5-13(16)10-17/h6-7,9,13,17H,2-5,8,10H2,1H3. The number of aliphatic hydroxyl groups excluding tert-OH is 1. The van der Waals surface area contributed by atoms with Gasteiger partial charge in [-0.2, -0.15) is 4.31 Å². The molecule has 20 heavy (non-hydrogen) atoms. The number of aliphatic hydroxyl groups is 1. The van der Waals surface area contributed by atoms with Crippen LogP contribution in [-0.4, -0.2) is 37.0 Å². The largest absolute Gasteiger partial charge is 0.395 e. The van der Waals surface area contributed by atoms with E-state index in [0.717, 1.165) is 19.3 Å². The smallest absolute Gasteiger partial charge is 0.243 e. The van der Waals surface area contributed by atoms with Crippen molar-refractivity contribution in [2.45, 2.75) is 43.5 Å². The van der Waals surface area contributed by atoms with Crippen molar-refractivity contribution in [1.29, 1.82) is 0 Å². The van der Waals surface area contributed by atoms with E-state index in [1.165, 1.54) is 10.4 Å². The highest BCUT2D eigenvalue weighted by atomic mass is 35.5. The Hall–Kier alpha value is -0.620. The Kier molecular flexibility index (Phi) is 5.07. The fraction of sp³-hybridized carbons (Fsp3) is 0.571. The Morgan fingerprint density at radius 2 is 2.10 bits per heavy atom. The molecule has 0 bridgehead atoms. The average Bonchev–Trinajstić information content (AvgIpc) is 2.66. The summed E-state index contributed by atoms with van der Waals surface area (Å²) in [6.07, 6.45) is 3.48. The summed E-state index contributed by atoms with van der Waals surface area (Å²) in [5, 5.41) is 9.90. The molecule has 1 aromatic rings. The Morgan fingerprint density at radius 3 is 2.80 bits per heavy atom. The highest BCUT2D eigenvalue weighted by molar-refractivity contribution is 7.89. The summed E-state index contributed by atoms with van der Waals surface area (Å²) in [7, 11) is -3.61. The monoisotopic (exact) mass is 317 g/mol. The van der Waals surface area contributed by atoms with Gasteiger partial charge in [0.1, 0.15) is 0 Å². The lowest BCUT2D eigenvalue weighted by Gasteiger charge is -2.28. The van der Waals surface area contributed by atoms with E-state index in [1.807, 2.05) is 0 Å². The topological polar surface area (TPSA) is 57.6 Å². The van der Waals surface area contributed by atoms with Gasteiger partial charge in [0.2, 0.25) is 10.0 Å². The summed E-state index contributed by atoms with van der Waals surface area (Å²) in [4.78, 5) is 0.241. The summed E-state index contributed by atoms with van der Waals surface area (Å²) < 4.78 is 27.1. The van der Waals surface area contributed by atoms with Crippen LogP contribution in [0.1, 0.15) is 31.2 Å². The molecule has 1 aliphatic rings. The highest BCUT2D eigenvalue weighted by Crippen LogP contribution is 2.28. The maximum Gasteiger partial charge on any atom is 0.243 e. The third-order valence-electron chi connectivity index (χ3n) is 3.77. The van der Waals surface area contributed by atoms with Crippen LogP contribution in [0.15, 0.2) is 23.1 Å². The van der Waals surface area contributed by atoms with E-state index in [1.54, 1.807) is 19.1 Å². The lowest BCUT2D eigenvalue weighted by molar-refractivity contribution is 0.186. The first-order chi connectivity index (χ1) is 9.46. The molecule has 0 aliphatic carbocycles. The molecule has 0 radical (unpaired) electrons. The van der Waals surface area contributed by atoms with Crippen molar-refractivity contribution in [3.05, 3.63) is 28.8 Å². The summed E-state index contributed by atoms with van der Waals surface area (Å²) in [5.74, 6) is 0. The van der Waals surface area contributed by atoms with Gasteiger partial charge in [0, 0.05) is 17.6 Å². The molecular weight excluding hydrogens is 298 g/mol. The van der Waals surface area contributed by atoms with E-state index >= 15 is 0 Å². The molecule has 1 N–H and O–H groups in total. The SMILES string of the molecule is Cc1ccc(Cl)cc1S(=O)(=O)N1CCCCCC1CO. The molecule has 1 aliphatic heterocycles. The normalized spacial score (nSPS) is 21.6. The third kappa shape index (κ3) is 3.17. The van der Waals surface area contributed by atoms with Gasteiger partial charge < -0.3 is 5.11 Å². The first kappa shape index (κ1) is 15.8. The molecule has 0 saturated carbocycles. The van der Waals surface area contributed by atoms with Gasteiger partial charge in [-0.05, 0) is 37.5 Å². The van der Waals surface area contributed by atoms with Crippen LogP contribution < -0.4 is 0 Å². The zero-order valence-corrected chi connectivity index (χ0v) is 13.1. The lowest BCUT2D eigenvalue weighted by atomic mass is 10.1. The highest BCUT2D eigenvalue weighted by Gasteiger charge is 2.33. The summed E-state index contributed by atoms with van der Waals surface area (Å²) >= 11 is 5.93. The van der Waals surface area contributed by atoms with Gasteiger partial charge in [-0.15, -0.1) is 0 Å². The number of hydrogen-bond acceptors (Lipinski definition) is 3. The molecule has 0 spiro atoms. The van der Waals surface area contributed by atoms with E-state index in [4.69, 9.17) is 11.6 Å². The Bertz CT molecular complexity index is 574. The molecule has 1 saturated heterocycles. The summed E-state index contributed by atoms with van der Waals surface area (Å²) in [6.45, 7) is 2.08. The molecule has 1 aromatic carbocycles. The first-order valence-electron chi connectivity index (χ1n) is 6.85. The van der Waals surface area contributed by atoms with Gasteiger partial charge in [0.15, 0.2) is 0 Å². The Morgan fingerprint density at radius 1 is 1.35 bits per heavy atom. The summed E-state index contributed by atoms with van der Waals surface area (Å²) in [6, 6.07) is 4.55. The van der Waals surface area contributed by atoms with E-state index in [9.17, 15) is 13.5 Å². The second kappa shape index (κ2) is 6.43. The maximum absolute atomic E-state index is 12.8. The van der Waals surface area contributed by atoms with Gasteiger partial charge >= 0.3 is 0 Å². The van der Waals surface area contributed by atoms with Gasteiger partial charge in [0.05, 0.1) is 11.5 Å². The number of nitrogens with zero attached hydrogens (tertiary/aromatic N) is 1. The van der Waals surface area contributed by atoms with Crippen molar-refractivity contribution >= 4 is 21.6 Å². The van der Waals surface area contributed by atoms with Gasteiger partial charge in [-0.25, -0.2) is 8.42 Å². The first-order valence-corrected chi connectivity index (χ1v) is 8.67. The predicted molar refractivity (Wildman–Crippen MR) is 79.4 cm³/mol. The average molecular weight is 318 g/mol. The van der Waals surface area contributed by atoms with Gasteiger partial charge in [0.25, 0.3) is 0 Å². The molecule has 2 rings (SSSR count). The minimum atomic E-state index is -3.61. The molecule has 112 valence electrons. The van der Waals surface area contributed by atoms with Crippen molar-refractivity contribution in [2.75, 3.05) is 13.2 Å². The molecule has 1 fully saturated rings. The maximum atomic E-state index is 12.8. The Balaban J connectivity index is 2.44. The van der Waals surface area contributed by atoms with Gasteiger partial charge in [-0.1, -0.05) is 30.5 Å². The minimum absolute atomic E-state index is 0.140. The second-order valence-corrected chi connectivity index (χ2v) is 7.51. The summed E-state index contributed by atoms with van der Waals surface area (Å²) in [5.41, 5.74) is 0.676. The fourth-order valence-electron chi connectivity index (χ4n) is 2.63. The van der Waals surface area contributed by atoms with Crippen LogP contribution in [0.5, 0.6) is 0 Å². The fourth-order valence-corrected chi connectivity index (χ4v) is 4.80. The van der Waals surface area contributed by atoms with Crippen LogP contribution in [0.2, 0.25) is 5.02 Å². The van der Waals surface area contributed by atoms with Crippen LogP contribution in [0.25, 0.3) is 0 Å². The number of aryl methyl sites for hydroxylation is 1. The zero-order chi connectivity index (χ0) is 14.8. The number of hydrogen-bond donors (Lipinski definition) is 1. The van der Waals surface area contributed by atoms with Crippen molar-refractivity contribution in [2.24, 2.45) is 0 Å². The molecule has 1 atom stereocenters. The molecule has 1 unspecified atom stereocenters. The molecule has 0 amide bonds. The Labute approximate surface area is 125 Å². The molecule has 1 heterocycles. The number of benzene rings is 1. The zero-order valence-electron chi connectivity index (χ0n) is 11.5. The number of rotatable bonds is 3. The van der Waals surface area contributed by atoms with Crippen LogP contribution in [0, 0.1) is 6.92 Å². The van der Waals surface area contributed by atoms with Crippen LogP contribution >= 0.6 is 11.6 Å². The van der Waals surface area contributed by atoms with Crippen LogP contribution in [-0.2, 0) is 10.0 Å². The van der Waals surface area contributed by atoms with Crippen molar-refractivity contribution in [1.82, 2.24) is 4.31 Å². The number of halogens is 1. The van der Waals surface area contributed by atoms with Crippen molar-refractivity contribution < 1.29 is 13.5 Å². The third-order valence-corrected chi connectivity index (χ3v) is 6.10. The molecule has 6 heteroatoms. The predicted octanol–water partition coefficient (Wildman–Crippen LogP) is 2.57. The lowest BCUT2D eigenvalue weighted by Crippen LogP contribution is -2.42. The van der Waals surface area contributed by atoms with E-state index < -0.39 is 10.0 Å².